The molecule has 0 saturated heterocycles. The first-order valence-electron chi connectivity index (χ1n) is 8.65. The first-order valence-corrected chi connectivity index (χ1v) is 8.65. The summed E-state index contributed by atoms with van der Waals surface area (Å²) < 4.78 is 0. The third-order valence-corrected chi connectivity index (χ3v) is 6.35. The molecule has 0 N–H and O–H groups in total. The van der Waals surface area contributed by atoms with E-state index in [4.69, 9.17) is 0 Å². The van der Waals surface area contributed by atoms with Gasteiger partial charge in [0, 0.05) is 0 Å². The van der Waals surface area contributed by atoms with E-state index < -0.39 is 0 Å². The van der Waals surface area contributed by atoms with E-state index in [1.807, 2.05) is 0 Å². The molecule has 20 heavy (non-hydrogen) atoms. The van der Waals surface area contributed by atoms with Crippen molar-refractivity contribution in [1.82, 2.24) is 0 Å². The molecule has 0 nitrogen and oxygen atoms in total. The summed E-state index contributed by atoms with van der Waals surface area (Å²) in [4.78, 5) is 0. The fourth-order valence-corrected chi connectivity index (χ4v) is 5.42. The summed E-state index contributed by atoms with van der Waals surface area (Å²) in [5.41, 5.74) is 3.25. The van der Waals surface area contributed by atoms with Crippen molar-refractivity contribution in [3.05, 3.63) is 47.6 Å². The minimum Gasteiger partial charge on any atom is -0.0623 e. The lowest BCUT2D eigenvalue weighted by Gasteiger charge is -2.39. The Morgan fingerprint density at radius 2 is 1.40 bits per heavy atom. The predicted molar refractivity (Wildman–Crippen MR) is 85.3 cm³/mol. The van der Waals surface area contributed by atoms with Gasteiger partial charge in [-0.15, -0.1) is 0 Å². The molecular weight excluding hydrogens is 240 g/mol. The Balaban J connectivity index is 1.62. The number of allylic oxidation sites excluding steroid dienone is 8. The van der Waals surface area contributed by atoms with Crippen molar-refractivity contribution in [2.45, 2.75) is 51.4 Å². The smallest absolute Gasteiger partial charge is 0.0245 e. The zero-order chi connectivity index (χ0) is 13.4. The second-order valence-electron chi connectivity index (χ2n) is 7.25. The van der Waals surface area contributed by atoms with E-state index in [2.05, 4.69) is 36.5 Å². The molecule has 0 heterocycles. The molecule has 0 radical (unpaired) electrons. The highest BCUT2D eigenvalue weighted by Gasteiger charge is 2.42. The van der Waals surface area contributed by atoms with Gasteiger partial charge in [0.2, 0.25) is 0 Å². The van der Waals surface area contributed by atoms with Gasteiger partial charge in [0.15, 0.2) is 0 Å². The molecule has 4 aliphatic carbocycles. The number of fused-ring (bicyclic) bond motifs is 4. The molecule has 4 unspecified atom stereocenters. The maximum atomic E-state index is 2.39. The Hall–Kier alpha value is -1.04. The average Bonchev–Trinajstić information content (AvgIpc) is 2.84. The van der Waals surface area contributed by atoms with E-state index in [-0.39, 0.29) is 0 Å². The van der Waals surface area contributed by atoms with Crippen LogP contribution in [0.4, 0.5) is 0 Å². The first-order chi connectivity index (χ1) is 9.92. The van der Waals surface area contributed by atoms with E-state index in [0.717, 1.165) is 23.7 Å². The van der Waals surface area contributed by atoms with E-state index in [9.17, 15) is 0 Å². The van der Waals surface area contributed by atoms with Crippen molar-refractivity contribution in [3.63, 3.8) is 0 Å². The number of rotatable bonds is 0. The molecule has 4 rings (SSSR count). The Morgan fingerprint density at radius 1 is 0.650 bits per heavy atom. The minimum absolute atomic E-state index is 0.975. The maximum Gasteiger partial charge on any atom is -0.0245 e. The van der Waals surface area contributed by atoms with Gasteiger partial charge in [-0.2, -0.15) is 0 Å². The van der Waals surface area contributed by atoms with E-state index in [0.29, 0.717) is 0 Å². The van der Waals surface area contributed by atoms with Crippen LogP contribution < -0.4 is 0 Å². The van der Waals surface area contributed by atoms with E-state index in [1.54, 1.807) is 11.1 Å². The number of hydrogen-bond acceptors (Lipinski definition) is 0. The molecule has 0 aromatic heterocycles. The van der Waals surface area contributed by atoms with Gasteiger partial charge in [-0.3, -0.25) is 0 Å². The van der Waals surface area contributed by atoms with Gasteiger partial charge in [-0.05, 0) is 73.3 Å². The highest BCUT2D eigenvalue weighted by molar-refractivity contribution is 5.40. The molecule has 0 aromatic carbocycles. The van der Waals surface area contributed by atoms with Gasteiger partial charge in [-0.25, -0.2) is 0 Å². The van der Waals surface area contributed by atoms with Crippen molar-refractivity contribution in [2.24, 2.45) is 23.7 Å². The topological polar surface area (TPSA) is 0 Å². The predicted octanol–water partition coefficient (Wildman–Crippen LogP) is 5.59. The summed E-state index contributed by atoms with van der Waals surface area (Å²) >= 11 is 0. The van der Waals surface area contributed by atoms with Gasteiger partial charge in [0.1, 0.15) is 0 Å². The third kappa shape index (κ3) is 2.24. The van der Waals surface area contributed by atoms with Crippen LogP contribution in [0.25, 0.3) is 0 Å². The van der Waals surface area contributed by atoms with Crippen molar-refractivity contribution in [2.75, 3.05) is 0 Å². The van der Waals surface area contributed by atoms with Crippen LogP contribution in [0.5, 0.6) is 0 Å². The van der Waals surface area contributed by atoms with Crippen LogP contribution in [0.3, 0.4) is 0 Å². The van der Waals surface area contributed by atoms with Crippen molar-refractivity contribution in [1.29, 1.82) is 0 Å². The van der Waals surface area contributed by atoms with Crippen molar-refractivity contribution < 1.29 is 0 Å². The normalized spacial score (nSPS) is 48.0. The molecule has 4 atom stereocenters. The zero-order valence-corrected chi connectivity index (χ0v) is 12.4. The second-order valence-corrected chi connectivity index (χ2v) is 7.25. The van der Waals surface area contributed by atoms with Crippen LogP contribution in [0.2, 0.25) is 0 Å². The molecule has 3 saturated carbocycles. The van der Waals surface area contributed by atoms with Crippen LogP contribution >= 0.6 is 0 Å². The Kier molecular flexibility index (Phi) is 3.42. The van der Waals surface area contributed by atoms with E-state index >= 15 is 0 Å². The summed E-state index contributed by atoms with van der Waals surface area (Å²) in [6.45, 7) is 0. The van der Waals surface area contributed by atoms with Crippen LogP contribution in [0, 0.1) is 23.7 Å². The van der Waals surface area contributed by atoms with Crippen molar-refractivity contribution in [3.8, 4) is 0 Å². The maximum absolute atomic E-state index is 2.39. The number of hydrogen-bond donors (Lipinski definition) is 0. The molecule has 0 bridgehead atoms. The molecule has 3 fully saturated rings. The standard InChI is InChI=1S/C20H26/c1-2-4-7-17-14-18-11-10-16-8-5-9-19(16)20(18)13-12-15(17)6-3-1/h1-4,6-7,16,18-20H,5,8-14H2/b2-1?,3-1-,4-2-,6-3?,7-4?,15-6-,17-7-. The fraction of sp³-hybridized carbons (Fsp3) is 0.600. The summed E-state index contributed by atoms with van der Waals surface area (Å²) in [5, 5.41) is 0. The molecule has 0 amide bonds. The van der Waals surface area contributed by atoms with Crippen LogP contribution in [-0.4, -0.2) is 0 Å². The highest BCUT2D eigenvalue weighted by atomic mass is 14.5. The van der Waals surface area contributed by atoms with Crippen LogP contribution in [-0.2, 0) is 0 Å². The molecule has 4 aliphatic rings. The summed E-state index contributed by atoms with van der Waals surface area (Å²) in [7, 11) is 0. The van der Waals surface area contributed by atoms with Gasteiger partial charge >= 0.3 is 0 Å². The van der Waals surface area contributed by atoms with Crippen molar-refractivity contribution >= 4 is 0 Å². The lowest BCUT2D eigenvalue weighted by Crippen LogP contribution is -2.31. The Labute approximate surface area is 123 Å². The fourth-order valence-electron chi connectivity index (χ4n) is 5.42. The van der Waals surface area contributed by atoms with Gasteiger partial charge in [-0.1, -0.05) is 49.3 Å². The van der Waals surface area contributed by atoms with E-state index in [1.165, 1.54) is 51.4 Å². The molecule has 106 valence electrons. The largest absolute Gasteiger partial charge is 0.0623 e. The Bertz CT molecular complexity index is 488. The van der Waals surface area contributed by atoms with Crippen LogP contribution in [0.1, 0.15) is 51.4 Å². The summed E-state index contributed by atoms with van der Waals surface area (Å²) in [6, 6.07) is 0. The molecule has 0 aliphatic heterocycles. The molecule has 0 heteroatoms. The summed E-state index contributed by atoms with van der Waals surface area (Å²) in [6.07, 6.45) is 25.2. The summed E-state index contributed by atoms with van der Waals surface area (Å²) in [5.74, 6) is 4.16. The average molecular weight is 266 g/mol. The highest BCUT2D eigenvalue weighted by Crippen LogP contribution is 2.53. The SMILES string of the molecule is C1=C\C=C2\CCC3C(CCC4CCCC43)C\C2=C\C=C/1. The lowest BCUT2D eigenvalue weighted by molar-refractivity contribution is 0.108. The molecule has 0 spiro atoms. The van der Waals surface area contributed by atoms with Crippen LogP contribution in [0.15, 0.2) is 47.6 Å². The Morgan fingerprint density at radius 3 is 2.30 bits per heavy atom. The lowest BCUT2D eigenvalue weighted by atomic mass is 9.66. The molecule has 0 aromatic rings. The minimum atomic E-state index is 0.975. The zero-order valence-electron chi connectivity index (χ0n) is 12.4. The van der Waals surface area contributed by atoms with Gasteiger partial charge < -0.3 is 0 Å². The van der Waals surface area contributed by atoms with Gasteiger partial charge in [0.05, 0.1) is 0 Å². The molecular formula is C20H26. The second kappa shape index (κ2) is 5.39. The monoisotopic (exact) mass is 266 g/mol. The quantitative estimate of drug-likeness (QED) is 0.536. The third-order valence-electron chi connectivity index (χ3n) is 6.35. The van der Waals surface area contributed by atoms with Gasteiger partial charge in [0.25, 0.3) is 0 Å². The first kappa shape index (κ1) is 12.7.